The maximum atomic E-state index is 13.4. The summed E-state index contributed by atoms with van der Waals surface area (Å²) in [6, 6.07) is 2.30. The lowest BCUT2D eigenvalue weighted by atomic mass is 10.3. The van der Waals surface area contributed by atoms with E-state index in [1.165, 1.54) is 0 Å². The van der Waals surface area contributed by atoms with Crippen LogP contribution in [0.4, 0.5) is 4.39 Å². The second kappa shape index (κ2) is 4.70. The molecule has 0 saturated carbocycles. The van der Waals surface area contributed by atoms with Gasteiger partial charge in [-0.2, -0.15) is 0 Å². The molecule has 1 fully saturated rings. The Labute approximate surface area is 108 Å². The van der Waals surface area contributed by atoms with E-state index < -0.39 is 20.9 Å². The molecule has 0 radical (unpaired) electrons. The largest absolute Gasteiger partial charge is 0.284 e. The van der Waals surface area contributed by atoms with Crippen LogP contribution in [-0.2, 0) is 14.9 Å². The predicted octanol–water partition coefficient (Wildman–Crippen LogP) is 2.46. The highest BCUT2D eigenvalue weighted by molar-refractivity contribution is 7.89. The molecule has 2 rings (SSSR count). The fourth-order valence-electron chi connectivity index (χ4n) is 1.43. The van der Waals surface area contributed by atoms with Gasteiger partial charge < -0.3 is 0 Å². The Morgan fingerprint density at radius 1 is 1.35 bits per heavy atom. The van der Waals surface area contributed by atoms with Gasteiger partial charge in [-0.3, -0.25) is 4.84 Å². The average molecular weight is 300 g/mol. The molecule has 0 N–H and O–H groups in total. The number of benzene rings is 1. The molecule has 1 aromatic rings. The highest BCUT2D eigenvalue weighted by Crippen LogP contribution is 2.32. The van der Waals surface area contributed by atoms with Gasteiger partial charge in [0.1, 0.15) is 4.90 Å². The first-order chi connectivity index (χ1) is 7.94. The van der Waals surface area contributed by atoms with Gasteiger partial charge in [0.15, 0.2) is 5.82 Å². The molecule has 0 bridgehead atoms. The number of halogens is 3. The van der Waals surface area contributed by atoms with Crippen LogP contribution in [-0.4, -0.2) is 26.0 Å². The van der Waals surface area contributed by atoms with Crippen LogP contribution in [0.25, 0.3) is 0 Å². The van der Waals surface area contributed by atoms with Crippen molar-refractivity contribution in [3.63, 3.8) is 0 Å². The Morgan fingerprint density at radius 3 is 2.65 bits per heavy atom. The van der Waals surface area contributed by atoms with Crippen LogP contribution < -0.4 is 0 Å². The molecule has 17 heavy (non-hydrogen) atoms. The summed E-state index contributed by atoms with van der Waals surface area (Å²) in [7, 11) is -3.93. The molecule has 0 spiro atoms. The van der Waals surface area contributed by atoms with Gasteiger partial charge in [-0.15, -0.1) is 0 Å². The Balaban J connectivity index is 2.50. The Hall–Kier alpha value is -0.400. The first-order valence-electron chi connectivity index (χ1n) is 4.74. The fraction of sp³-hybridized carbons (Fsp3) is 0.333. The first-order valence-corrected chi connectivity index (χ1v) is 6.93. The number of hydrogen-bond donors (Lipinski definition) is 0. The third-order valence-corrected chi connectivity index (χ3v) is 4.76. The second-order valence-electron chi connectivity index (χ2n) is 3.39. The van der Waals surface area contributed by atoms with Crippen molar-refractivity contribution < 1.29 is 17.6 Å². The minimum atomic E-state index is -3.93. The van der Waals surface area contributed by atoms with Crippen molar-refractivity contribution in [2.24, 2.45) is 0 Å². The normalized spacial score (nSPS) is 17.6. The topological polar surface area (TPSA) is 46.6 Å². The molecule has 1 saturated heterocycles. The molecule has 1 aromatic carbocycles. The van der Waals surface area contributed by atoms with E-state index in [2.05, 4.69) is 0 Å². The van der Waals surface area contributed by atoms with Gasteiger partial charge in [0.2, 0.25) is 0 Å². The lowest BCUT2D eigenvalue weighted by Gasteiger charge is -2.15. The second-order valence-corrected chi connectivity index (χ2v) is 5.97. The quantitative estimate of drug-likeness (QED) is 0.788. The number of hydrogen-bond acceptors (Lipinski definition) is 3. The molecule has 8 heteroatoms. The van der Waals surface area contributed by atoms with Crippen LogP contribution in [0.5, 0.6) is 0 Å². The highest BCUT2D eigenvalue weighted by atomic mass is 35.5. The summed E-state index contributed by atoms with van der Waals surface area (Å²) >= 11 is 11.1. The van der Waals surface area contributed by atoms with Crippen LogP contribution >= 0.6 is 23.2 Å². The summed E-state index contributed by atoms with van der Waals surface area (Å²) in [6.07, 6.45) is 0.590. The minimum Gasteiger partial charge on any atom is -0.284 e. The Kier molecular flexibility index (Phi) is 3.61. The van der Waals surface area contributed by atoms with Crippen molar-refractivity contribution in [1.82, 2.24) is 4.47 Å². The van der Waals surface area contributed by atoms with Crippen molar-refractivity contribution in [3.05, 3.63) is 28.0 Å². The summed E-state index contributed by atoms with van der Waals surface area (Å²) in [5.41, 5.74) is 0. The lowest BCUT2D eigenvalue weighted by Crippen LogP contribution is -2.27. The van der Waals surface area contributed by atoms with E-state index in [0.717, 1.165) is 16.6 Å². The molecule has 0 amide bonds. The van der Waals surface area contributed by atoms with Gasteiger partial charge in [0.05, 0.1) is 16.7 Å². The van der Waals surface area contributed by atoms with Crippen LogP contribution in [0.15, 0.2) is 17.0 Å². The third-order valence-electron chi connectivity index (χ3n) is 2.27. The van der Waals surface area contributed by atoms with E-state index in [-0.39, 0.29) is 16.5 Å². The third kappa shape index (κ3) is 2.28. The molecule has 94 valence electrons. The van der Waals surface area contributed by atoms with Gasteiger partial charge >= 0.3 is 0 Å². The van der Waals surface area contributed by atoms with E-state index in [4.69, 9.17) is 28.0 Å². The lowest BCUT2D eigenvalue weighted by molar-refractivity contribution is -0.0284. The van der Waals surface area contributed by atoms with Gasteiger partial charge in [-0.25, -0.2) is 12.8 Å². The maximum Gasteiger partial charge on any atom is 0.266 e. The molecule has 1 heterocycles. The van der Waals surface area contributed by atoms with Crippen molar-refractivity contribution in [2.45, 2.75) is 11.3 Å². The number of nitrogens with zero attached hydrogens (tertiary/aromatic N) is 1. The summed E-state index contributed by atoms with van der Waals surface area (Å²) in [4.78, 5) is 4.58. The zero-order valence-corrected chi connectivity index (χ0v) is 10.8. The van der Waals surface area contributed by atoms with Gasteiger partial charge in [-0.05, 0) is 18.6 Å². The zero-order chi connectivity index (χ0) is 12.6. The van der Waals surface area contributed by atoms with Crippen molar-refractivity contribution >= 4 is 33.2 Å². The van der Waals surface area contributed by atoms with Crippen LogP contribution in [0, 0.1) is 5.82 Å². The smallest absolute Gasteiger partial charge is 0.266 e. The van der Waals surface area contributed by atoms with Crippen LogP contribution in [0.2, 0.25) is 10.0 Å². The van der Waals surface area contributed by atoms with Crippen LogP contribution in [0.3, 0.4) is 0 Å². The Bertz CT molecular complexity index is 543. The number of sulfonamides is 1. The fourth-order valence-corrected chi connectivity index (χ4v) is 3.45. The summed E-state index contributed by atoms with van der Waals surface area (Å²) in [5.74, 6) is -0.950. The zero-order valence-electron chi connectivity index (χ0n) is 8.49. The van der Waals surface area contributed by atoms with Crippen molar-refractivity contribution in [1.29, 1.82) is 0 Å². The monoisotopic (exact) mass is 299 g/mol. The van der Waals surface area contributed by atoms with Gasteiger partial charge in [0.25, 0.3) is 10.0 Å². The predicted molar refractivity (Wildman–Crippen MR) is 60.9 cm³/mol. The van der Waals surface area contributed by atoms with E-state index in [1.807, 2.05) is 0 Å². The molecule has 4 nitrogen and oxygen atoms in total. The molecule has 0 aliphatic carbocycles. The first kappa shape index (κ1) is 13.0. The average Bonchev–Trinajstić information content (AvgIpc) is 2.79. The molecule has 0 unspecified atom stereocenters. The van der Waals surface area contributed by atoms with Gasteiger partial charge in [0, 0.05) is 6.54 Å². The number of hydroxylamine groups is 1. The summed E-state index contributed by atoms with van der Waals surface area (Å²) in [5, 5.41) is -0.746. The van der Waals surface area contributed by atoms with E-state index in [9.17, 15) is 12.8 Å². The van der Waals surface area contributed by atoms with Crippen molar-refractivity contribution in [3.8, 4) is 0 Å². The number of rotatable bonds is 2. The standard InChI is InChI=1S/C9H8Cl2FNO3S/c10-6-2-3-7(8(11)9(6)12)17(14,15)13-4-1-5-16-13/h2-3H,1,4-5H2. The Morgan fingerprint density at radius 2 is 2.06 bits per heavy atom. The summed E-state index contributed by atoms with van der Waals surface area (Å²) in [6.45, 7) is 0.538. The molecule has 1 aliphatic rings. The summed E-state index contributed by atoms with van der Waals surface area (Å²) < 4.78 is 38.3. The molecule has 1 aliphatic heterocycles. The SMILES string of the molecule is O=S(=O)(c1ccc(Cl)c(F)c1Cl)N1CCCO1. The molecular weight excluding hydrogens is 292 g/mol. The minimum absolute atomic E-state index is 0.225. The van der Waals surface area contributed by atoms with E-state index >= 15 is 0 Å². The van der Waals surface area contributed by atoms with Crippen LogP contribution in [0.1, 0.15) is 6.42 Å². The maximum absolute atomic E-state index is 13.4. The van der Waals surface area contributed by atoms with E-state index in [1.54, 1.807) is 0 Å². The highest BCUT2D eigenvalue weighted by Gasteiger charge is 2.31. The molecular formula is C9H8Cl2FNO3S. The van der Waals surface area contributed by atoms with Crippen molar-refractivity contribution in [2.75, 3.05) is 13.2 Å². The van der Waals surface area contributed by atoms with Gasteiger partial charge in [-0.1, -0.05) is 27.7 Å². The van der Waals surface area contributed by atoms with E-state index in [0.29, 0.717) is 13.0 Å². The molecule has 0 atom stereocenters. The molecule has 0 aromatic heterocycles.